The molecule has 2 aromatic heterocycles. The van der Waals surface area contributed by atoms with Gasteiger partial charge in [0.2, 0.25) is 0 Å². The largest absolute Gasteiger partial charge is 0.357 e. The first-order valence-electron chi connectivity index (χ1n) is 7.56. The van der Waals surface area contributed by atoms with Crippen LogP contribution in [-0.4, -0.2) is 67.1 Å². The molecule has 3 rings (SSSR count). The van der Waals surface area contributed by atoms with Crippen molar-refractivity contribution >= 4 is 5.91 Å². The molecule has 1 amide bonds. The molecule has 1 saturated heterocycles. The number of aromatic amines is 1. The first kappa shape index (κ1) is 14.7. The highest BCUT2D eigenvalue weighted by molar-refractivity contribution is 5.92. The van der Waals surface area contributed by atoms with Gasteiger partial charge in [0.25, 0.3) is 5.91 Å². The molecule has 1 aliphatic heterocycles. The summed E-state index contributed by atoms with van der Waals surface area (Å²) >= 11 is 0. The van der Waals surface area contributed by atoms with E-state index in [1.807, 2.05) is 24.1 Å². The smallest absolute Gasteiger partial charge is 0.270 e. The van der Waals surface area contributed by atoms with Gasteiger partial charge in [0.15, 0.2) is 5.82 Å². The molecule has 1 N–H and O–H groups in total. The van der Waals surface area contributed by atoms with Gasteiger partial charge in [-0.15, -0.1) is 5.10 Å². The van der Waals surface area contributed by atoms with E-state index in [1.165, 1.54) is 0 Å². The predicted octanol–water partition coefficient (Wildman–Crippen LogP) is 0.447. The van der Waals surface area contributed by atoms with Crippen LogP contribution in [0.25, 0.3) is 0 Å². The number of carbonyl (C=O) groups excluding carboxylic acids is 1. The molecular weight excluding hydrogens is 282 g/mol. The summed E-state index contributed by atoms with van der Waals surface area (Å²) in [7, 11) is 1.85. The molecule has 0 bridgehead atoms. The summed E-state index contributed by atoms with van der Waals surface area (Å²) in [5.41, 5.74) is 0.652. The third-order valence-corrected chi connectivity index (χ3v) is 4.22. The molecule has 1 fully saturated rings. The number of H-pyrrole nitrogens is 1. The highest BCUT2D eigenvalue weighted by Gasteiger charge is 2.25. The zero-order valence-corrected chi connectivity index (χ0v) is 12.9. The number of nitrogens with one attached hydrogen (secondary N) is 1. The van der Waals surface area contributed by atoms with Crippen LogP contribution in [0.15, 0.2) is 18.3 Å². The fraction of sp³-hybridized carbons (Fsp3) is 0.571. The Labute approximate surface area is 129 Å². The van der Waals surface area contributed by atoms with Gasteiger partial charge in [0, 0.05) is 39.4 Å². The van der Waals surface area contributed by atoms with Crippen molar-refractivity contribution in [1.82, 2.24) is 35.0 Å². The van der Waals surface area contributed by atoms with Crippen molar-refractivity contribution in [3.05, 3.63) is 29.8 Å². The molecule has 22 heavy (non-hydrogen) atoms. The lowest BCUT2D eigenvalue weighted by Gasteiger charge is -2.26. The number of nitrogens with zero attached hydrogens (tertiary/aromatic N) is 6. The molecule has 0 radical (unpaired) electrons. The maximum Gasteiger partial charge on any atom is 0.270 e. The zero-order valence-electron chi connectivity index (χ0n) is 12.9. The first-order valence-corrected chi connectivity index (χ1v) is 7.56. The fourth-order valence-electron chi connectivity index (χ4n) is 2.92. The van der Waals surface area contributed by atoms with Crippen LogP contribution in [0.1, 0.15) is 35.7 Å². The number of tetrazole rings is 1. The molecule has 8 nitrogen and oxygen atoms in total. The van der Waals surface area contributed by atoms with E-state index in [0.29, 0.717) is 12.2 Å². The monoisotopic (exact) mass is 303 g/mol. The molecule has 0 aromatic carbocycles. The summed E-state index contributed by atoms with van der Waals surface area (Å²) in [6.45, 7) is 5.35. The summed E-state index contributed by atoms with van der Waals surface area (Å²) < 4.78 is 1.71. The van der Waals surface area contributed by atoms with Crippen molar-refractivity contribution in [2.75, 3.05) is 26.2 Å². The van der Waals surface area contributed by atoms with Gasteiger partial charge in [-0.1, -0.05) is 0 Å². The lowest BCUT2D eigenvalue weighted by atomic mass is 10.2. The second kappa shape index (κ2) is 6.27. The Hall–Kier alpha value is -2.22. The van der Waals surface area contributed by atoms with Gasteiger partial charge in [-0.3, -0.25) is 9.69 Å². The van der Waals surface area contributed by atoms with Crippen molar-refractivity contribution in [3.8, 4) is 0 Å². The Bertz CT molecular complexity index is 621. The van der Waals surface area contributed by atoms with Crippen LogP contribution in [0.4, 0.5) is 0 Å². The molecule has 118 valence electrons. The lowest BCUT2D eigenvalue weighted by molar-refractivity contribution is 0.0753. The van der Waals surface area contributed by atoms with E-state index >= 15 is 0 Å². The van der Waals surface area contributed by atoms with Crippen LogP contribution < -0.4 is 0 Å². The van der Waals surface area contributed by atoms with E-state index in [9.17, 15) is 4.79 Å². The quantitative estimate of drug-likeness (QED) is 0.890. The fourth-order valence-corrected chi connectivity index (χ4v) is 2.92. The van der Waals surface area contributed by atoms with Gasteiger partial charge in [0.05, 0.1) is 6.04 Å². The van der Waals surface area contributed by atoms with Gasteiger partial charge < -0.3 is 9.88 Å². The molecular formula is C14H21N7O. The summed E-state index contributed by atoms with van der Waals surface area (Å²) in [4.78, 5) is 19.6. The Morgan fingerprint density at radius 1 is 1.32 bits per heavy atom. The summed E-state index contributed by atoms with van der Waals surface area (Å²) in [6, 6.07) is 3.81. The number of hydrogen-bond acceptors (Lipinski definition) is 5. The van der Waals surface area contributed by atoms with Gasteiger partial charge >= 0.3 is 0 Å². The lowest BCUT2D eigenvalue weighted by Crippen LogP contribution is -2.36. The summed E-state index contributed by atoms with van der Waals surface area (Å²) in [6.07, 6.45) is 2.72. The van der Waals surface area contributed by atoms with Crippen LogP contribution in [0.5, 0.6) is 0 Å². The van der Waals surface area contributed by atoms with Crippen molar-refractivity contribution in [2.24, 2.45) is 7.05 Å². The maximum atomic E-state index is 12.4. The van der Waals surface area contributed by atoms with Gasteiger partial charge in [-0.25, -0.2) is 4.68 Å². The Morgan fingerprint density at radius 3 is 2.86 bits per heavy atom. The molecule has 8 heteroatoms. The van der Waals surface area contributed by atoms with Gasteiger partial charge in [-0.2, -0.15) is 0 Å². The van der Waals surface area contributed by atoms with Crippen LogP contribution in [0.3, 0.4) is 0 Å². The topological polar surface area (TPSA) is 82.9 Å². The van der Waals surface area contributed by atoms with Gasteiger partial charge in [-0.05, 0) is 35.9 Å². The molecule has 1 aliphatic rings. The minimum Gasteiger partial charge on any atom is -0.357 e. The van der Waals surface area contributed by atoms with Crippen molar-refractivity contribution < 1.29 is 4.79 Å². The second-order valence-corrected chi connectivity index (χ2v) is 5.60. The van der Waals surface area contributed by atoms with E-state index in [2.05, 4.69) is 32.3 Å². The number of amides is 1. The predicted molar refractivity (Wildman–Crippen MR) is 80.1 cm³/mol. The second-order valence-electron chi connectivity index (χ2n) is 5.60. The van der Waals surface area contributed by atoms with Crippen molar-refractivity contribution in [2.45, 2.75) is 19.4 Å². The average Bonchev–Trinajstić information content (AvgIpc) is 3.12. The van der Waals surface area contributed by atoms with E-state index in [-0.39, 0.29) is 11.9 Å². The van der Waals surface area contributed by atoms with E-state index in [0.717, 1.165) is 31.9 Å². The highest BCUT2D eigenvalue weighted by Crippen LogP contribution is 2.19. The summed E-state index contributed by atoms with van der Waals surface area (Å²) in [5, 5.41) is 11.7. The van der Waals surface area contributed by atoms with E-state index < -0.39 is 0 Å². The SMILES string of the molecule is CC(c1nnnn1C)N1CCCN(C(=O)c2ccc[nH]2)CC1. The number of carbonyl (C=O) groups is 1. The first-order chi connectivity index (χ1) is 10.7. The Morgan fingerprint density at radius 2 is 2.18 bits per heavy atom. The number of aryl methyl sites for hydroxylation is 1. The van der Waals surface area contributed by atoms with Crippen LogP contribution in [-0.2, 0) is 7.05 Å². The third kappa shape index (κ3) is 2.87. The molecule has 0 aliphatic carbocycles. The average molecular weight is 303 g/mol. The molecule has 2 aromatic rings. The Kier molecular flexibility index (Phi) is 4.19. The standard InChI is InChI=1S/C14H21N7O/c1-11(13-16-17-18-19(13)2)20-7-4-8-21(10-9-20)14(22)12-5-3-6-15-12/h3,5-6,11,15H,4,7-10H2,1-2H3. The zero-order chi connectivity index (χ0) is 15.5. The minimum atomic E-state index is 0.0693. The van der Waals surface area contributed by atoms with Crippen LogP contribution >= 0.6 is 0 Å². The summed E-state index contributed by atoms with van der Waals surface area (Å²) in [5.74, 6) is 0.920. The van der Waals surface area contributed by atoms with Gasteiger partial charge in [0.1, 0.15) is 5.69 Å². The number of rotatable bonds is 3. The highest BCUT2D eigenvalue weighted by atomic mass is 16.2. The molecule has 3 heterocycles. The van der Waals surface area contributed by atoms with Crippen molar-refractivity contribution in [1.29, 1.82) is 0 Å². The molecule has 0 saturated carbocycles. The third-order valence-electron chi connectivity index (χ3n) is 4.22. The van der Waals surface area contributed by atoms with Crippen LogP contribution in [0, 0.1) is 0 Å². The number of aromatic nitrogens is 5. The Balaban J connectivity index is 1.65. The minimum absolute atomic E-state index is 0.0693. The van der Waals surface area contributed by atoms with E-state index in [4.69, 9.17) is 0 Å². The number of hydrogen-bond donors (Lipinski definition) is 1. The molecule has 1 atom stereocenters. The molecule has 0 spiro atoms. The van der Waals surface area contributed by atoms with Crippen molar-refractivity contribution in [3.63, 3.8) is 0 Å². The van der Waals surface area contributed by atoms with Crippen LogP contribution in [0.2, 0.25) is 0 Å². The maximum absolute atomic E-state index is 12.4. The normalized spacial score (nSPS) is 18.2. The molecule has 1 unspecified atom stereocenters. The van der Waals surface area contributed by atoms with E-state index in [1.54, 1.807) is 10.9 Å².